The maximum absolute atomic E-state index is 14.6. The predicted molar refractivity (Wildman–Crippen MR) is 106 cm³/mol. The highest BCUT2D eigenvalue weighted by Crippen LogP contribution is 2.46. The van der Waals surface area contributed by atoms with Crippen LogP contribution in [0.1, 0.15) is 28.2 Å². The molecule has 146 valence electrons. The van der Waals surface area contributed by atoms with Crippen molar-refractivity contribution < 1.29 is 22.7 Å². The summed E-state index contributed by atoms with van der Waals surface area (Å²) in [5.41, 5.74) is 2.41. The van der Waals surface area contributed by atoms with Crippen molar-refractivity contribution in [2.75, 3.05) is 0 Å². The van der Waals surface area contributed by atoms with Crippen molar-refractivity contribution in [3.8, 4) is 5.75 Å². The highest BCUT2D eigenvalue weighted by molar-refractivity contribution is 7.78. The number of rotatable bonds is 5. The van der Waals surface area contributed by atoms with Crippen LogP contribution in [0, 0.1) is 5.95 Å². The molecule has 0 N–H and O–H groups in total. The molecule has 4 rings (SSSR count). The zero-order valence-corrected chi connectivity index (χ0v) is 15.9. The number of hydrogen-bond donors (Lipinski definition) is 0. The van der Waals surface area contributed by atoms with Gasteiger partial charge in [0.15, 0.2) is 0 Å². The van der Waals surface area contributed by atoms with Crippen LogP contribution in [0.25, 0.3) is 11.3 Å². The molecule has 0 amide bonds. The number of aldehydes is 1. The Bertz CT molecular complexity index is 1130. The molecule has 2 atom stereocenters. The summed E-state index contributed by atoms with van der Waals surface area (Å²) in [6.07, 6.45) is 2.10. The number of carbonyl (C=O) groups is 1. The van der Waals surface area contributed by atoms with Gasteiger partial charge in [-0.05, 0) is 23.8 Å². The van der Waals surface area contributed by atoms with Gasteiger partial charge in [-0.3, -0.25) is 4.21 Å². The minimum Gasteiger partial charge on any atom is -0.772 e. The number of hydrogen-bond acceptors (Lipinski definition) is 5. The fraction of sp³-hybridized carbons (Fsp3) is 0.0909. The van der Waals surface area contributed by atoms with E-state index in [1.54, 1.807) is 60.7 Å². The van der Waals surface area contributed by atoms with Gasteiger partial charge < -0.3 is 14.1 Å². The van der Waals surface area contributed by atoms with Crippen molar-refractivity contribution in [1.29, 1.82) is 0 Å². The summed E-state index contributed by atoms with van der Waals surface area (Å²) in [6, 6.07) is 17.0. The zero-order chi connectivity index (χ0) is 20.4. The number of nitrogens with zero attached hydrogens (tertiary/aromatic N) is 1. The van der Waals surface area contributed by atoms with Crippen LogP contribution in [0.5, 0.6) is 5.75 Å². The first-order valence-corrected chi connectivity index (χ1v) is 10.0. The lowest BCUT2D eigenvalue weighted by atomic mass is 9.83. The average Bonchev–Trinajstić information content (AvgIpc) is 2.73. The van der Waals surface area contributed by atoms with E-state index in [1.165, 1.54) is 6.20 Å². The Morgan fingerprint density at radius 1 is 1.10 bits per heavy atom. The van der Waals surface area contributed by atoms with Crippen LogP contribution in [0.15, 0.2) is 66.9 Å². The van der Waals surface area contributed by atoms with Crippen LogP contribution in [0.3, 0.4) is 0 Å². The number of carbonyl (C=O) groups excluding carboxylic acids is 1. The summed E-state index contributed by atoms with van der Waals surface area (Å²) in [6.45, 7) is 0. The molecule has 29 heavy (non-hydrogen) atoms. The maximum Gasteiger partial charge on any atom is 0.220 e. The van der Waals surface area contributed by atoms with E-state index in [1.807, 2.05) is 0 Å². The first-order chi connectivity index (χ1) is 14.1. The fourth-order valence-electron chi connectivity index (χ4n) is 3.41. The quantitative estimate of drug-likeness (QED) is 0.364. The van der Waals surface area contributed by atoms with E-state index in [4.69, 9.17) is 4.74 Å². The van der Waals surface area contributed by atoms with Gasteiger partial charge in [0.2, 0.25) is 5.95 Å². The number of ether oxygens (including phenoxy) is 1. The first-order valence-electron chi connectivity index (χ1n) is 8.81. The normalized spacial score (nSPS) is 16.7. The lowest BCUT2D eigenvalue weighted by Crippen LogP contribution is -2.16. The van der Waals surface area contributed by atoms with Crippen molar-refractivity contribution in [2.45, 2.75) is 11.7 Å². The van der Waals surface area contributed by atoms with Gasteiger partial charge in [-0.1, -0.05) is 53.5 Å². The molecule has 5 nitrogen and oxygen atoms in total. The van der Waals surface area contributed by atoms with Gasteiger partial charge in [0.1, 0.15) is 17.8 Å². The van der Waals surface area contributed by atoms with Crippen molar-refractivity contribution in [2.24, 2.45) is 0 Å². The Labute approximate surface area is 169 Å². The Balaban J connectivity index is 1.91. The second-order valence-corrected chi connectivity index (χ2v) is 7.38. The van der Waals surface area contributed by atoms with Gasteiger partial charge in [0.05, 0.1) is 5.92 Å². The van der Waals surface area contributed by atoms with E-state index in [2.05, 4.69) is 4.98 Å². The third-order valence-electron chi connectivity index (χ3n) is 4.71. The van der Waals surface area contributed by atoms with Crippen molar-refractivity contribution >= 4 is 28.7 Å². The highest BCUT2D eigenvalue weighted by atomic mass is 32.2. The second-order valence-electron chi connectivity index (χ2n) is 6.48. The summed E-state index contributed by atoms with van der Waals surface area (Å²) in [4.78, 5) is 15.8. The van der Waals surface area contributed by atoms with E-state index < -0.39 is 22.9 Å². The number of pyridine rings is 1. The van der Waals surface area contributed by atoms with Crippen LogP contribution in [-0.2, 0) is 21.6 Å². The second kappa shape index (κ2) is 8.06. The van der Waals surface area contributed by atoms with Gasteiger partial charge in [-0.15, -0.1) is 0 Å². The summed E-state index contributed by atoms with van der Waals surface area (Å²) in [5.74, 6) is -0.695. The van der Waals surface area contributed by atoms with Crippen molar-refractivity contribution in [3.63, 3.8) is 0 Å². The molecule has 1 aliphatic rings. The predicted octanol–water partition coefficient (Wildman–Crippen LogP) is 3.84. The molecule has 0 bridgehead atoms. The zero-order valence-electron chi connectivity index (χ0n) is 15.1. The molecule has 2 aromatic carbocycles. The minimum absolute atomic E-state index is 0.107. The van der Waals surface area contributed by atoms with Crippen LogP contribution in [0.2, 0.25) is 0 Å². The largest absolute Gasteiger partial charge is 0.772 e. The topological polar surface area (TPSA) is 79.3 Å². The molecular weight excluding hydrogens is 393 g/mol. The molecule has 0 spiro atoms. The molecule has 7 heteroatoms. The molecule has 1 aliphatic heterocycles. The molecule has 2 heterocycles. The van der Waals surface area contributed by atoms with Crippen molar-refractivity contribution in [1.82, 2.24) is 4.98 Å². The third kappa shape index (κ3) is 3.74. The highest BCUT2D eigenvalue weighted by Gasteiger charge is 2.32. The van der Waals surface area contributed by atoms with E-state index in [9.17, 15) is 17.9 Å². The van der Waals surface area contributed by atoms with E-state index in [-0.39, 0.29) is 11.3 Å². The van der Waals surface area contributed by atoms with Gasteiger partial charge in [-0.25, -0.2) is 4.98 Å². The van der Waals surface area contributed by atoms with Crippen LogP contribution < -0.4 is 4.74 Å². The molecule has 0 aliphatic carbocycles. The summed E-state index contributed by atoms with van der Waals surface area (Å²) in [7, 11) is 0. The Morgan fingerprint density at radius 2 is 1.86 bits per heavy atom. The summed E-state index contributed by atoms with van der Waals surface area (Å²) >= 11 is -2.20. The minimum atomic E-state index is -2.20. The summed E-state index contributed by atoms with van der Waals surface area (Å²) < 4.78 is 42.5. The standard InChI is InChI=1S/C22H16FNO4S/c23-22-17(5-3-11-24-22)20-18(12-25)16-4-1-2-6-19(16)28-21(20)15-9-7-14(8-10-15)13-29(26)27/h1-12,18H,13H2,(H,26,27)/p-1. The lowest BCUT2D eigenvalue weighted by molar-refractivity contribution is -0.108. The number of fused-ring (bicyclic) bond motifs is 1. The van der Waals surface area contributed by atoms with Crippen LogP contribution in [0.4, 0.5) is 4.39 Å². The molecule has 3 aromatic rings. The van der Waals surface area contributed by atoms with E-state index in [0.29, 0.717) is 33.8 Å². The average molecular weight is 408 g/mol. The van der Waals surface area contributed by atoms with Crippen LogP contribution in [-0.4, -0.2) is 20.0 Å². The molecule has 1 aromatic heterocycles. The molecule has 0 saturated carbocycles. The first kappa shape index (κ1) is 19.2. The van der Waals surface area contributed by atoms with E-state index >= 15 is 0 Å². The van der Waals surface area contributed by atoms with Gasteiger partial charge in [0, 0.05) is 34.2 Å². The number of benzene rings is 2. The number of allylic oxidation sites excluding steroid dienone is 1. The molecule has 0 saturated heterocycles. The number of halogens is 1. The SMILES string of the molecule is O=CC1C(c2cccnc2F)=C(c2ccc(CS(=O)[O-])cc2)Oc2ccccc21. The Morgan fingerprint density at radius 3 is 2.55 bits per heavy atom. The number of aromatic nitrogens is 1. The Hall–Kier alpha value is -3.16. The van der Waals surface area contributed by atoms with Gasteiger partial charge in [-0.2, -0.15) is 4.39 Å². The van der Waals surface area contributed by atoms with Crippen LogP contribution >= 0.6 is 0 Å². The lowest BCUT2D eigenvalue weighted by Gasteiger charge is -2.28. The monoisotopic (exact) mass is 408 g/mol. The Kier molecular flexibility index (Phi) is 5.33. The maximum atomic E-state index is 14.6. The molecular formula is C22H15FNO4S-. The smallest absolute Gasteiger partial charge is 0.220 e. The van der Waals surface area contributed by atoms with Gasteiger partial charge >= 0.3 is 0 Å². The number of para-hydroxylation sites is 1. The molecule has 0 fully saturated rings. The third-order valence-corrected chi connectivity index (χ3v) is 5.28. The van der Waals surface area contributed by atoms with E-state index in [0.717, 1.165) is 6.29 Å². The van der Waals surface area contributed by atoms with Crippen molar-refractivity contribution in [3.05, 3.63) is 95.1 Å². The summed E-state index contributed by atoms with van der Waals surface area (Å²) in [5, 5.41) is 0. The molecule has 2 unspecified atom stereocenters. The molecule has 0 radical (unpaired) electrons. The van der Waals surface area contributed by atoms with Gasteiger partial charge in [0.25, 0.3) is 0 Å². The fourth-order valence-corrected chi connectivity index (χ4v) is 3.88.